The summed E-state index contributed by atoms with van der Waals surface area (Å²) in [5.74, 6) is 4.67. The molecule has 1 aromatic heterocycles. The van der Waals surface area contributed by atoms with E-state index in [1.165, 1.54) is 11.0 Å². The molecule has 2 rings (SSSR count). The van der Waals surface area contributed by atoms with Crippen molar-refractivity contribution in [3.05, 3.63) is 36.2 Å². The van der Waals surface area contributed by atoms with Gasteiger partial charge in [0.15, 0.2) is 0 Å². The van der Waals surface area contributed by atoms with Crippen LogP contribution in [0.1, 0.15) is 10.4 Å². The minimum absolute atomic E-state index is 0.357. The molecule has 1 aromatic carbocycles. The van der Waals surface area contributed by atoms with Gasteiger partial charge in [-0.3, -0.25) is 10.2 Å². The molecule has 0 radical (unpaired) electrons. The number of carbonyl (C=O) groups is 1. The lowest BCUT2D eigenvalue weighted by atomic mass is 10.2. The van der Waals surface area contributed by atoms with Crippen molar-refractivity contribution in [2.24, 2.45) is 5.84 Å². The van der Waals surface area contributed by atoms with Crippen LogP contribution < -0.4 is 11.3 Å². The van der Waals surface area contributed by atoms with Gasteiger partial charge in [0.1, 0.15) is 6.33 Å². The molecule has 0 fully saturated rings. The van der Waals surface area contributed by atoms with E-state index in [-0.39, 0.29) is 5.91 Å². The van der Waals surface area contributed by atoms with Crippen LogP contribution in [0.4, 0.5) is 0 Å². The lowest BCUT2D eigenvalue weighted by Crippen LogP contribution is -2.30. The summed E-state index contributed by atoms with van der Waals surface area (Å²) < 4.78 is 1.45. The van der Waals surface area contributed by atoms with Crippen LogP contribution >= 0.6 is 0 Å². The van der Waals surface area contributed by atoms with Crippen LogP contribution in [0.5, 0.6) is 0 Å². The average Bonchev–Trinajstić information content (AvgIpc) is 2.82. The number of benzene rings is 1. The van der Waals surface area contributed by atoms with Crippen molar-refractivity contribution in [3.63, 3.8) is 0 Å². The highest BCUT2D eigenvalue weighted by Crippen LogP contribution is 2.08. The molecular formula is C8H8N6O. The van der Waals surface area contributed by atoms with E-state index in [4.69, 9.17) is 5.84 Å². The number of nitrogens with one attached hydrogen (secondary N) is 1. The van der Waals surface area contributed by atoms with Gasteiger partial charge in [0.25, 0.3) is 5.91 Å². The molecule has 0 bridgehead atoms. The zero-order valence-corrected chi connectivity index (χ0v) is 7.66. The molecule has 0 saturated heterocycles. The number of carbonyl (C=O) groups excluding carboxylic acids is 1. The lowest BCUT2D eigenvalue weighted by molar-refractivity contribution is 0.0953. The zero-order chi connectivity index (χ0) is 10.7. The first kappa shape index (κ1) is 9.28. The van der Waals surface area contributed by atoms with Crippen LogP contribution in [0, 0.1) is 0 Å². The monoisotopic (exact) mass is 204 g/mol. The Morgan fingerprint density at radius 1 is 1.47 bits per heavy atom. The van der Waals surface area contributed by atoms with Gasteiger partial charge >= 0.3 is 0 Å². The second-order valence-corrected chi connectivity index (χ2v) is 2.78. The quantitative estimate of drug-likeness (QED) is 0.381. The van der Waals surface area contributed by atoms with Gasteiger partial charge in [0.05, 0.1) is 5.69 Å². The number of aromatic nitrogens is 4. The lowest BCUT2D eigenvalue weighted by Gasteiger charge is -2.02. The molecule has 0 saturated carbocycles. The predicted molar refractivity (Wildman–Crippen MR) is 50.8 cm³/mol. The molecule has 2 aromatic rings. The molecule has 0 aliphatic heterocycles. The normalized spacial score (nSPS) is 9.93. The number of amides is 1. The Hall–Kier alpha value is -2.28. The number of hydrogen-bond donors (Lipinski definition) is 2. The third kappa shape index (κ3) is 1.81. The summed E-state index contributed by atoms with van der Waals surface area (Å²) in [6.07, 6.45) is 1.44. The number of rotatable bonds is 2. The Morgan fingerprint density at radius 2 is 2.33 bits per heavy atom. The minimum atomic E-state index is -0.357. The smallest absolute Gasteiger partial charge is 0.265 e. The molecule has 0 aliphatic carbocycles. The number of nitrogens with two attached hydrogens (primary N) is 1. The van der Waals surface area contributed by atoms with Crippen LogP contribution in [0.2, 0.25) is 0 Å². The second kappa shape index (κ2) is 3.84. The number of hydrazine groups is 1. The molecule has 3 N–H and O–H groups in total. The van der Waals surface area contributed by atoms with E-state index in [1.807, 2.05) is 0 Å². The fourth-order valence-electron chi connectivity index (χ4n) is 1.15. The van der Waals surface area contributed by atoms with Gasteiger partial charge in [-0.15, -0.1) is 5.10 Å². The van der Waals surface area contributed by atoms with Crippen LogP contribution in [0.25, 0.3) is 5.69 Å². The first-order valence-electron chi connectivity index (χ1n) is 4.15. The first-order chi connectivity index (χ1) is 7.31. The maximum absolute atomic E-state index is 11.2. The Labute approximate surface area is 84.9 Å². The molecule has 76 valence electrons. The van der Waals surface area contributed by atoms with Crippen molar-refractivity contribution in [2.75, 3.05) is 0 Å². The third-order valence-corrected chi connectivity index (χ3v) is 1.85. The molecule has 7 heteroatoms. The van der Waals surface area contributed by atoms with Crippen molar-refractivity contribution in [2.45, 2.75) is 0 Å². The minimum Gasteiger partial charge on any atom is -0.290 e. The van der Waals surface area contributed by atoms with Crippen molar-refractivity contribution < 1.29 is 4.79 Å². The van der Waals surface area contributed by atoms with E-state index in [2.05, 4.69) is 21.0 Å². The van der Waals surface area contributed by atoms with Gasteiger partial charge in [-0.2, -0.15) is 0 Å². The first-order valence-corrected chi connectivity index (χ1v) is 4.15. The van der Waals surface area contributed by atoms with Gasteiger partial charge in [-0.25, -0.2) is 10.5 Å². The second-order valence-electron chi connectivity index (χ2n) is 2.78. The molecule has 15 heavy (non-hydrogen) atoms. The standard InChI is InChI=1S/C8H8N6O/c9-11-8(15)6-2-1-3-7(4-6)14-5-10-12-13-14/h1-5H,9H2,(H,11,15). The SMILES string of the molecule is NNC(=O)c1cccc(-n2cnnn2)c1. The Bertz CT molecular complexity index is 466. The highest BCUT2D eigenvalue weighted by atomic mass is 16.2. The number of nitrogen functional groups attached to an aromatic ring is 1. The molecule has 0 atom stereocenters. The largest absolute Gasteiger partial charge is 0.290 e. The molecule has 1 heterocycles. The van der Waals surface area contributed by atoms with Crippen molar-refractivity contribution in [3.8, 4) is 5.69 Å². The van der Waals surface area contributed by atoms with Gasteiger partial charge in [0, 0.05) is 5.56 Å². The van der Waals surface area contributed by atoms with Crippen molar-refractivity contribution >= 4 is 5.91 Å². The van der Waals surface area contributed by atoms with E-state index < -0.39 is 0 Å². The van der Waals surface area contributed by atoms with Crippen LogP contribution in [0.3, 0.4) is 0 Å². The molecule has 0 unspecified atom stereocenters. The average molecular weight is 204 g/mol. The van der Waals surface area contributed by atoms with Gasteiger partial charge in [-0.05, 0) is 28.6 Å². The summed E-state index contributed by atoms with van der Waals surface area (Å²) in [7, 11) is 0. The molecular weight excluding hydrogens is 196 g/mol. The number of hydrogen-bond acceptors (Lipinski definition) is 5. The van der Waals surface area contributed by atoms with Gasteiger partial charge in [-0.1, -0.05) is 6.07 Å². The number of nitrogens with zero attached hydrogens (tertiary/aromatic N) is 4. The van der Waals surface area contributed by atoms with E-state index in [0.29, 0.717) is 11.3 Å². The summed E-state index contributed by atoms with van der Waals surface area (Å²) in [4.78, 5) is 11.2. The topological polar surface area (TPSA) is 98.7 Å². The van der Waals surface area contributed by atoms with Gasteiger partial charge in [0.2, 0.25) is 0 Å². The third-order valence-electron chi connectivity index (χ3n) is 1.85. The Morgan fingerprint density at radius 3 is 3.00 bits per heavy atom. The summed E-state index contributed by atoms with van der Waals surface area (Å²) >= 11 is 0. The summed E-state index contributed by atoms with van der Waals surface area (Å²) in [6, 6.07) is 6.79. The Kier molecular flexibility index (Phi) is 2.38. The van der Waals surface area contributed by atoms with Crippen LogP contribution in [-0.2, 0) is 0 Å². The highest BCUT2D eigenvalue weighted by Gasteiger charge is 2.05. The van der Waals surface area contributed by atoms with Crippen LogP contribution in [-0.4, -0.2) is 26.1 Å². The van der Waals surface area contributed by atoms with Crippen molar-refractivity contribution in [1.29, 1.82) is 0 Å². The molecule has 1 amide bonds. The number of tetrazole rings is 1. The maximum atomic E-state index is 11.2. The van der Waals surface area contributed by atoms with Crippen molar-refractivity contribution in [1.82, 2.24) is 25.6 Å². The Balaban J connectivity index is 2.39. The van der Waals surface area contributed by atoms with Crippen LogP contribution in [0.15, 0.2) is 30.6 Å². The summed E-state index contributed by atoms with van der Waals surface area (Å²) in [6.45, 7) is 0. The van der Waals surface area contributed by atoms with Gasteiger partial charge < -0.3 is 0 Å². The fourth-order valence-corrected chi connectivity index (χ4v) is 1.15. The van der Waals surface area contributed by atoms with E-state index in [0.717, 1.165) is 0 Å². The predicted octanol–water partition coefficient (Wildman–Crippen LogP) is -0.734. The molecule has 0 aliphatic rings. The van der Waals surface area contributed by atoms with E-state index >= 15 is 0 Å². The molecule has 0 spiro atoms. The van der Waals surface area contributed by atoms with E-state index in [9.17, 15) is 4.79 Å². The van der Waals surface area contributed by atoms with E-state index in [1.54, 1.807) is 24.3 Å². The maximum Gasteiger partial charge on any atom is 0.265 e. The zero-order valence-electron chi connectivity index (χ0n) is 7.66. The molecule has 7 nitrogen and oxygen atoms in total. The summed E-state index contributed by atoms with van der Waals surface area (Å²) in [5.41, 5.74) is 3.20. The fraction of sp³-hybridized carbons (Fsp3) is 0. The highest BCUT2D eigenvalue weighted by molar-refractivity contribution is 5.94. The summed E-state index contributed by atoms with van der Waals surface area (Å²) in [5, 5.41) is 10.7.